The highest BCUT2D eigenvalue weighted by molar-refractivity contribution is 5.89. The Morgan fingerprint density at radius 2 is 1.96 bits per heavy atom. The number of aryl methyl sites for hydroxylation is 1. The Labute approximate surface area is 145 Å². The van der Waals surface area contributed by atoms with E-state index in [0.29, 0.717) is 12.2 Å². The summed E-state index contributed by atoms with van der Waals surface area (Å²) >= 11 is 0. The molecule has 7 heteroatoms. The van der Waals surface area contributed by atoms with E-state index in [2.05, 4.69) is 20.7 Å². The van der Waals surface area contributed by atoms with Crippen molar-refractivity contribution >= 4 is 11.7 Å². The Morgan fingerprint density at radius 1 is 1.16 bits per heavy atom. The Hall–Kier alpha value is -3.35. The average Bonchev–Trinajstić information content (AvgIpc) is 3.07. The first-order valence-corrected chi connectivity index (χ1v) is 7.76. The molecule has 0 aliphatic rings. The molecule has 2 aromatic heterocycles. The third kappa shape index (κ3) is 4.35. The molecule has 0 saturated heterocycles. The second kappa shape index (κ2) is 7.48. The van der Waals surface area contributed by atoms with Crippen molar-refractivity contribution in [1.29, 1.82) is 0 Å². The van der Waals surface area contributed by atoms with Gasteiger partial charge in [-0.05, 0) is 35.9 Å². The fraction of sp³-hybridized carbons (Fsp3) is 0.167. The Balaban J connectivity index is 1.58. The van der Waals surface area contributed by atoms with Crippen molar-refractivity contribution in [1.82, 2.24) is 20.1 Å². The van der Waals surface area contributed by atoms with E-state index in [1.165, 1.54) is 0 Å². The van der Waals surface area contributed by atoms with Gasteiger partial charge < -0.3 is 15.4 Å². The lowest BCUT2D eigenvalue weighted by atomic mass is 10.1. The first kappa shape index (κ1) is 16.5. The van der Waals surface area contributed by atoms with E-state index >= 15 is 0 Å². The normalized spacial score (nSPS) is 10.3. The molecular weight excluding hydrogens is 318 g/mol. The molecule has 25 heavy (non-hydrogen) atoms. The zero-order valence-corrected chi connectivity index (χ0v) is 14.1. The third-order valence-electron chi connectivity index (χ3n) is 3.63. The lowest BCUT2D eigenvalue weighted by Gasteiger charge is -2.09. The molecule has 2 N–H and O–H groups in total. The predicted molar refractivity (Wildman–Crippen MR) is 95.3 cm³/mol. The number of methoxy groups -OCH3 is 1. The van der Waals surface area contributed by atoms with Gasteiger partial charge in [0.2, 0.25) is 0 Å². The number of pyridine rings is 1. The molecule has 2 amide bonds. The highest BCUT2D eigenvalue weighted by Gasteiger charge is 2.05. The van der Waals surface area contributed by atoms with Crippen LogP contribution in [0.15, 0.2) is 55.1 Å². The van der Waals surface area contributed by atoms with Crippen LogP contribution in [0.3, 0.4) is 0 Å². The zero-order chi connectivity index (χ0) is 17.6. The molecule has 0 fully saturated rings. The van der Waals surface area contributed by atoms with Gasteiger partial charge in [-0.25, -0.2) is 4.79 Å². The van der Waals surface area contributed by atoms with Crippen LogP contribution in [0.1, 0.15) is 5.56 Å². The van der Waals surface area contributed by atoms with Crippen LogP contribution in [0.25, 0.3) is 11.1 Å². The summed E-state index contributed by atoms with van der Waals surface area (Å²) in [6.07, 6.45) is 7.21. The summed E-state index contributed by atoms with van der Waals surface area (Å²) in [6, 6.07) is 8.84. The molecule has 0 aliphatic carbocycles. The van der Waals surface area contributed by atoms with Crippen LogP contribution in [-0.4, -0.2) is 27.9 Å². The summed E-state index contributed by atoms with van der Waals surface area (Å²) < 4.78 is 6.83. The summed E-state index contributed by atoms with van der Waals surface area (Å²) in [4.78, 5) is 16.2. The van der Waals surface area contributed by atoms with Crippen molar-refractivity contribution in [3.05, 3.63) is 60.7 Å². The molecular formula is C18H19N5O2. The number of benzene rings is 1. The van der Waals surface area contributed by atoms with Crippen LogP contribution < -0.4 is 15.4 Å². The maximum absolute atomic E-state index is 12.0. The summed E-state index contributed by atoms with van der Waals surface area (Å²) in [5.41, 5.74) is 3.55. The SMILES string of the molecule is COc1ccc(NC(=O)NCc2cncc(-c3cnn(C)c3)c2)cc1. The molecule has 128 valence electrons. The number of rotatable bonds is 5. The minimum absolute atomic E-state index is 0.281. The van der Waals surface area contributed by atoms with Gasteiger partial charge in [-0.15, -0.1) is 0 Å². The summed E-state index contributed by atoms with van der Waals surface area (Å²) in [6.45, 7) is 0.378. The highest BCUT2D eigenvalue weighted by atomic mass is 16.5. The molecule has 0 bridgehead atoms. The molecule has 3 aromatic rings. The molecule has 0 saturated carbocycles. The Kier molecular flexibility index (Phi) is 4.94. The lowest BCUT2D eigenvalue weighted by molar-refractivity contribution is 0.251. The fourth-order valence-corrected chi connectivity index (χ4v) is 2.34. The van der Waals surface area contributed by atoms with Gasteiger partial charge >= 0.3 is 6.03 Å². The van der Waals surface area contributed by atoms with Crippen LogP contribution in [0.4, 0.5) is 10.5 Å². The Morgan fingerprint density at radius 3 is 2.64 bits per heavy atom. The minimum Gasteiger partial charge on any atom is -0.497 e. The van der Waals surface area contributed by atoms with Gasteiger partial charge in [0.05, 0.1) is 13.3 Å². The summed E-state index contributed by atoms with van der Waals surface area (Å²) in [5.74, 6) is 0.740. The summed E-state index contributed by atoms with van der Waals surface area (Å²) in [7, 11) is 3.47. The number of hydrogen-bond donors (Lipinski definition) is 2. The third-order valence-corrected chi connectivity index (χ3v) is 3.63. The van der Waals surface area contributed by atoms with Crippen LogP contribution in [-0.2, 0) is 13.6 Å². The minimum atomic E-state index is -0.281. The van der Waals surface area contributed by atoms with Crippen molar-refractivity contribution in [2.45, 2.75) is 6.54 Å². The van der Waals surface area contributed by atoms with Crippen LogP contribution in [0.5, 0.6) is 5.75 Å². The van der Waals surface area contributed by atoms with E-state index < -0.39 is 0 Å². The topological polar surface area (TPSA) is 81.1 Å². The number of carbonyl (C=O) groups is 1. The summed E-state index contributed by atoms with van der Waals surface area (Å²) in [5, 5.41) is 9.75. The first-order chi connectivity index (χ1) is 12.1. The van der Waals surface area contributed by atoms with Crippen LogP contribution in [0.2, 0.25) is 0 Å². The van der Waals surface area contributed by atoms with Gasteiger partial charge in [0.25, 0.3) is 0 Å². The van der Waals surface area contributed by atoms with Crippen molar-refractivity contribution in [2.24, 2.45) is 7.05 Å². The number of carbonyl (C=O) groups excluding carboxylic acids is 1. The molecule has 0 aliphatic heterocycles. The van der Waals surface area contributed by atoms with Gasteiger partial charge in [0.1, 0.15) is 5.75 Å². The monoisotopic (exact) mass is 337 g/mol. The molecule has 1 aromatic carbocycles. The molecule has 2 heterocycles. The number of urea groups is 1. The van der Waals surface area contributed by atoms with E-state index in [1.807, 2.05) is 19.3 Å². The largest absolute Gasteiger partial charge is 0.497 e. The maximum atomic E-state index is 12.0. The number of hydrogen-bond acceptors (Lipinski definition) is 4. The molecule has 0 unspecified atom stereocenters. The predicted octanol–water partition coefficient (Wildman–Crippen LogP) is 2.81. The molecule has 3 rings (SSSR count). The average molecular weight is 337 g/mol. The second-order valence-electron chi connectivity index (χ2n) is 5.52. The van der Waals surface area contributed by atoms with Gasteiger partial charge in [0, 0.05) is 49.0 Å². The number of nitrogens with one attached hydrogen (secondary N) is 2. The standard InChI is InChI=1S/C18H19N5O2/c1-23-12-15(11-21-23)14-7-13(8-19-10-14)9-20-18(24)22-16-3-5-17(25-2)6-4-16/h3-8,10-12H,9H2,1-2H3,(H2,20,22,24). The fourth-order valence-electron chi connectivity index (χ4n) is 2.34. The van der Waals surface area contributed by atoms with E-state index in [4.69, 9.17) is 4.74 Å². The molecule has 7 nitrogen and oxygen atoms in total. The van der Waals surface area contributed by atoms with Gasteiger partial charge in [-0.3, -0.25) is 9.67 Å². The molecule has 0 radical (unpaired) electrons. The van der Waals surface area contributed by atoms with E-state index in [9.17, 15) is 4.79 Å². The Bertz CT molecular complexity index is 858. The van der Waals surface area contributed by atoms with Gasteiger partial charge in [0.15, 0.2) is 0 Å². The number of anilines is 1. The van der Waals surface area contributed by atoms with Crippen molar-refractivity contribution in [3.8, 4) is 16.9 Å². The number of aromatic nitrogens is 3. The highest BCUT2D eigenvalue weighted by Crippen LogP contribution is 2.18. The van der Waals surface area contributed by atoms with Crippen molar-refractivity contribution in [2.75, 3.05) is 12.4 Å². The number of ether oxygens (including phenoxy) is 1. The van der Waals surface area contributed by atoms with E-state index in [0.717, 1.165) is 22.4 Å². The number of nitrogens with zero attached hydrogens (tertiary/aromatic N) is 3. The van der Waals surface area contributed by atoms with Crippen LogP contribution >= 0.6 is 0 Å². The van der Waals surface area contributed by atoms with Crippen LogP contribution in [0, 0.1) is 0 Å². The van der Waals surface area contributed by atoms with Gasteiger partial charge in [-0.2, -0.15) is 5.10 Å². The lowest BCUT2D eigenvalue weighted by Crippen LogP contribution is -2.28. The molecule has 0 atom stereocenters. The van der Waals surface area contributed by atoms with Gasteiger partial charge in [-0.1, -0.05) is 0 Å². The van der Waals surface area contributed by atoms with E-state index in [-0.39, 0.29) is 6.03 Å². The van der Waals surface area contributed by atoms with Crippen molar-refractivity contribution in [3.63, 3.8) is 0 Å². The molecule has 0 spiro atoms. The van der Waals surface area contributed by atoms with E-state index in [1.54, 1.807) is 54.6 Å². The number of amides is 2. The second-order valence-corrected chi connectivity index (χ2v) is 5.52. The first-order valence-electron chi connectivity index (χ1n) is 7.76. The van der Waals surface area contributed by atoms with Crippen molar-refractivity contribution < 1.29 is 9.53 Å². The quantitative estimate of drug-likeness (QED) is 0.750. The zero-order valence-electron chi connectivity index (χ0n) is 14.1. The smallest absolute Gasteiger partial charge is 0.319 e. The maximum Gasteiger partial charge on any atom is 0.319 e.